The van der Waals surface area contributed by atoms with Crippen molar-refractivity contribution in [3.8, 4) is 6.01 Å². The molecule has 0 radical (unpaired) electrons. The summed E-state index contributed by atoms with van der Waals surface area (Å²) in [5.74, 6) is -0.633. The lowest BCUT2D eigenvalue weighted by atomic mass is 10.2. The van der Waals surface area contributed by atoms with Crippen LogP contribution in [-0.4, -0.2) is 51.4 Å². The Labute approximate surface area is 171 Å². The number of hydrogen-bond acceptors (Lipinski definition) is 8. The molecule has 170 valence electrons. The van der Waals surface area contributed by atoms with E-state index in [1.54, 1.807) is 13.8 Å². The van der Waals surface area contributed by atoms with Crippen LogP contribution in [0.3, 0.4) is 0 Å². The Morgan fingerprint density at radius 3 is 2.10 bits per heavy atom. The summed E-state index contributed by atoms with van der Waals surface area (Å²) >= 11 is 0. The van der Waals surface area contributed by atoms with Gasteiger partial charge in [0, 0.05) is 30.9 Å². The fourth-order valence-corrected chi connectivity index (χ4v) is 2.37. The largest absolute Gasteiger partial charge is 0.440 e. The van der Waals surface area contributed by atoms with Crippen molar-refractivity contribution in [2.75, 3.05) is 23.3 Å². The zero-order valence-electron chi connectivity index (χ0n) is 16.0. The number of non-ortho nitro benzene ring substituents is 1. The molecule has 0 aliphatic carbocycles. The van der Waals surface area contributed by atoms with E-state index in [1.165, 1.54) is 29.2 Å². The van der Waals surface area contributed by atoms with Crippen molar-refractivity contribution < 1.29 is 36.0 Å². The summed E-state index contributed by atoms with van der Waals surface area (Å²) in [4.78, 5) is 22.5. The van der Waals surface area contributed by atoms with Crippen molar-refractivity contribution in [1.82, 2.24) is 15.0 Å². The van der Waals surface area contributed by atoms with E-state index < -0.39 is 29.4 Å². The molecule has 2 aromatic rings. The topological polar surface area (TPSA) is 106 Å². The van der Waals surface area contributed by atoms with Crippen LogP contribution in [0.25, 0.3) is 0 Å². The third-order valence-corrected chi connectivity index (χ3v) is 3.69. The highest BCUT2D eigenvalue weighted by Crippen LogP contribution is 2.36. The minimum absolute atomic E-state index is 0.120. The Morgan fingerprint density at radius 1 is 1.06 bits per heavy atom. The number of ether oxygens (including phenoxy) is 1. The molecule has 0 saturated carbocycles. The van der Waals surface area contributed by atoms with Gasteiger partial charge in [-0.25, -0.2) is 0 Å². The minimum Gasteiger partial charge on any atom is -0.440 e. The summed E-state index contributed by atoms with van der Waals surface area (Å²) in [7, 11) is 0. The summed E-state index contributed by atoms with van der Waals surface area (Å²) in [6.45, 7) is 3.53. The predicted octanol–water partition coefficient (Wildman–Crippen LogP) is 4.24. The van der Waals surface area contributed by atoms with Crippen LogP contribution in [0.5, 0.6) is 6.01 Å². The Balaban J connectivity index is 2.49. The SMILES string of the molecule is CCNc1nc(OC(C(F)(F)F)C(F)(F)F)nc(N(CC)c2ccc([N+](=O)[O-])cc2)n1. The molecule has 1 aromatic carbocycles. The molecule has 0 aliphatic rings. The molecule has 1 N–H and O–H groups in total. The second kappa shape index (κ2) is 9.18. The van der Waals surface area contributed by atoms with E-state index >= 15 is 0 Å². The lowest BCUT2D eigenvalue weighted by Gasteiger charge is -2.24. The molecule has 0 atom stereocenters. The third-order valence-electron chi connectivity index (χ3n) is 3.69. The molecule has 0 fully saturated rings. The Kier molecular flexibility index (Phi) is 7.07. The van der Waals surface area contributed by atoms with Crippen molar-refractivity contribution in [2.45, 2.75) is 32.3 Å². The number of nitro groups is 1. The molecule has 1 heterocycles. The van der Waals surface area contributed by atoms with Crippen molar-refractivity contribution in [1.29, 1.82) is 0 Å². The van der Waals surface area contributed by atoms with E-state index in [0.717, 1.165) is 0 Å². The number of nitro benzene ring substituents is 1. The fourth-order valence-electron chi connectivity index (χ4n) is 2.37. The number of anilines is 3. The molecule has 15 heteroatoms. The second-order valence-electron chi connectivity index (χ2n) is 5.87. The van der Waals surface area contributed by atoms with Crippen molar-refractivity contribution in [3.63, 3.8) is 0 Å². The molecule has 0 spiro atoms. The maximum Gasteiger partial charge on any atom is 0.434 e. The second-order valence-corrected chi connectivity index (χ2v) is 5.87. The molecule has 0 aliphatic heterocycles. The lowest BCUT2D eigenvalue weighted by Crippen LogP contribution is -2.47. The van der Waals surface area contributed by atoms with E-state index in [0.29, 0.717) is 5.69 Å². The summed E-state index contributed by atoms with van der Waals surface area (Å²) in [6.07, 6.45) is -15.7. The average molecular weight is 454 g/mol. The van der Waals surface area contributed by atoms with Gasteiger partial charge in [0.15, 0.2) is 0 Å². The zero-order valence-corrected chi connectivity index (χ0v) is 16.0. The number of nitrogens with one attached hydrogen (secondary N) is 1. The van der Waals surface area contributed by atoms with E-state index in [1.807, 2.05) is 0 Å². The van der Waals surface area contributed by atoms with Gasteiger partial charge in [0.25, 0.3) is 11.8 Å². The molecule has 9 nitrogen and oxygen atoms in total. The van der Waals surface area contributed by atoms with E-state index in [4.69, 9.17) is 0 Å². The number of benzene rings is 1. The van der Waals surface area contributed by atoms with Gasteiger partial charge in [0.05, 0.1) is 4.92 Å². The van der Waals surface area contributed by atoms with Crippen molar-refractivity contribution in [2.24, 2.45) is 0 Å². The number of halogens is 6. The molecular weight excluding hydrogens is 438 g/mol. The Bertz CT molecular complexity index is 892. The molecule has 0 bridgehead atoms. The molecule has 1 aromatic heterocycles. The van der Waals surface area contributed by atoms with Gasteiger partial charge >= 0.3 is 18.4 Å². The quantitative estimate of drug-likeness (QED) is 0.359. The predicted molar refractivity (Wildman–Crippen MR) is 96.3 cm³/mol. The third kappa shape index (κ3) is 6.05. The van der Waals surface area contributed by atoms with Crippen LogP contribution in [0.4, 0.5) is 49.6 Å². The van der Waals surface area contributed by atoms with Crippen LogP contribution >= 0.6 is 0 Å². The van der Waals surface area contributed by atoms with E-state index in [2.05, 4.69) is 25.0 Å². The fraction of sp³-hybridized carbons (Fsp3) is 0.438. The highest BCUT2D eigenvalue weighted by molar-refractivity contribution is 5.60. The van der Waals surface area contributed by atoms with Gasteiger partial charge in [-0.1, -0.05) is 0 Å². The first-order chi connectivity index (χ1) is 14.4. The number of rotatable bonds is 8. The molecular formula is C16H16F6N6O3. The monoisotopic (exact) mass is 454 g/mol. The van der Waals surface area contributed by atoms with Gasteiger partial charge in [-0.2, -0.15) is 41.3 Å². The first-order valence-electron chi connectivity index (χ1n) is 8.68. The van der Waals surface area contributed by atoms with Gasteiger partial charge in [0.1, 0.15) is 0 Å². The average Bonchev–Trinajstić information content (AvgIpc) is 2.65. The van der Waals surface area contributed by atoms with Gasteiger partial charge in [-0.05, 0) is 26.0 Å². The van der Waals surface area contributed by atoms with Crippen molar-refractivity contribution >= 4 is 23.3 Å². The van der Waals surface area contributed by atoms with Crippen molar-refractivity contribution in [3.05, 3.63) is 34.4 Å². The summed E-state index contributed by atoms with van der Waals surface area (Å²) in [6, 6.07) is 3.80. The number of aromatic nitrogens is 3. The molecule has 0 unspecified atom stereocenters. The van der Waals surface area contributed by atoms with Crippen LogP contribution in [0.15, 0.2) is 24.3 Å². The maximum absolute atomic E-state index is 12.8. The summed E-state index contributed by atoms with van der Waals surface area (Å²) in [5, 5.41) is 13.4. The molecule has 2 rings (SSSR count). The molecule has 0 amide bonds. The first-order valence-corrected chi connectivity index (χ1v) is 8.68. The number of hydrogen-bond donors (Lipinski definition) is 1. The van der Waals surface area contributed by atoms with Gasteiger partial charge in [-0.15, -0.1) is 0 Å². The maximum atomic E-state index is 12.8. The van der Waals surface area contributed by atoms with Crippen LogP contribution < -0.4 is 15.0 Å². The summed E-state index contributed by atoms with van der Waals surface area (Å²) < 4.78 is 81.2. The van der Waals surface area contributed by atoms with Crippen LogP contribution in [0.1, 0.15) is 13.8 Å². The summed E-state index contributed by atoms with van der Waals surface area (Å²) in [5.41, 5.74) is 0.0851. The lowest BCUT2D eigenvalue weighted by molar-refractivity contribution is -0.384. The smallest absolute Gasteiger partial charge is 0.434 e. The molecule has 0 saturated heterocycles. The molecule has 31 heavy (non-hydrogen) atoms. The zero-order chi connectivity index (χ0) is 23.4. The minimum atomic E-state index is -5.76. The van der Waals surface area contributed by atoms with E-state index in [-0.39, 0.29) is 30.7 Å². The van der Waals surface area contributed by atoms with Gasteiger partial charge in [-0.3, -0.25) is 10.1 Å². The number of nitrogens with zero attached hydrogens (tertiary/aromatic N) is 5. The van der Waals surface area contributed by atoms with E-state index in [9.17, 15) is 36.5 Å². The number of alkyl halides is 6. The Hall–Kier alpha value is -3.39. The van der Waals surface area contributed by atoms with Crippen LogP contribution in [0.2, 0.25) is 0 Å². The van der Waals surface area contributed by atoms with Gasteiger partial charge < -0.3 is 15.0 Å². The highest BCUT2D eigenvalue weighted by Gasteiger charge is 2.59. The van der Waals surface area contributed by atoms with Crippen LogP contribution in [0, 0.1) is 10.1 Å². The Morgan fingerprint density at radius 2 is 1.65 bits per heavy atom. The van der Waals surface area contributed by atoms with Gasteiger partial charge in [0.2, 0.25) is 11.9 Å². The standard InChI is InChI=1S/C16H16F6N6O3/c1-3-23-12-24-13(27(4-2)9-5-7-10(8-6-9)28(29)30)26-14(25-12)31-11(15(17,18)19)16(20,21)22/h5-8,11H,3-4H2,1-2H3,(H,23,24,25,26). The first kappa shape index (κ1) is 23.9. The highest BCUT2D eigenvalue weighted by atomic mass is 19.4. The van der Waals surface area contributed by atoms with Crippen LogP contribution in [-0.2, 0) is 0 Å². The normalized spacial score (nSPS) is 12.0.